The molecule has 0 heterocycles. The third-order valence-corrected chi connectivity index (χ3v) is 2.80. The van der Waals surface area contributed by atoms with E-state index in [0.29, 0.717) is 0 Å². The molecule has 5 heteroatoms. The van der Waals surface area contributed by atoms with Crippen LogP contribution in [0.3, 0.4) is 0 Å². The van der Waals surface area contributed by atoms with Crippen LogP contribution in [0.1, 0.15) is 11.1 Å². The van der Waals surface area contributed by atoms with Crippen LogP contribution >= 0.6 is 0 Å². The van der Waals surface area contributed by atoms with Crippen molar-refractivity contribution >= 4 is 6.16 Å². The molecule has 132 valence electrons. The van der Waals surface area contributed by atoms with E-state index in [0.717, 1.165) is 13.1 Å². The molecule has 0 bridgehead atoms. The van der Waals surface area contributed by atoms with E-state index in [9.17, 15) is 0 Å². The number of nitrogens with one attached hydrogen (secondary N) is 2. The van der Waals surface area contributed by atoms with Gasteiger partial charge in [0.05, 0.1) is 28.2 Å². The van der Waals surface area contributed by atoms with Crippen molar-refractivity contribution < 1.29 is 24.8 Å². The molecule has 2 N–H and O–H groups in total. The molecule has 0 aliphatic rings. The molecule has 0 fully saturated rings. The summed E-state index contributed by atoms with van der Waals surface area (Å²) in [4.78, 5) is 11.3. The maximum absolute atomic E-state index is 8.33. The summed E-state index contributed by atoms with van der Waals surface area (Å²) in [6.07, 6.45) is -2.33. The van der Waals surface area contributed by atoms with Gasteiger partial charge in [-0.2, -0.15) is 0 Å². The Labute approximate surface area is 144 Å². The number of carbonyl (C=O) groups is 1. The Morgan fingerprint density at radius 3 is 1.17 bits per heavy atom. The molecule has 2 rings (SSSR count). The van der Waals surface area contributed by atoms with Gasteiger partial charge in [-0.25, -0.2) is 0 Å². The van der Waals surface area contributed by atoms with Crippen LogP contribution in [0.15, 0.2) is 60.7 Å². The van der Waals surface area contributed by atoms with E-state index in [4.69, 9.17) is 15.0 Å². The Bertz CT molecular complexity index is 494. The molecule has 0 aliphatic carbocycles. The summed E-state index contributed by atoms with van der Waals surface area (Å²) in [6.45, 7) is 2.22. The Balaban J connectivity index is 0.000000363. The average Bonchev–Trinajstić information content (AvgIpc) is 2.48. The topological polar surface area (TPSA) is 72.1 Å². The highest BCUT2D eigenvalue weighted by atomic mass is 16.6. The zero-order valence-electron chi connectivity index (χ0n) is 14.9. The largest absolute Gasteiger partial charge is 0.652 e. The molecular formula is C19H28N2O3. The highest BCUT2D eigenvalue weighted by molar-refractivity contribution is 5.47. The predicted molar refractivity (Wildman–Crippen MR) is 91.3 cm³/mol. The van der Waals surface area contributed by atoms with E-state index in [1.54, 1.807) is 0 Å². The van der Waals surface area contributed by atoms with Crippen LogP contribution < -0.4 is 20.0 Å². The van der Waals surface area contributed by atoms with Gasteiger partial charge in [0, 0.05) is 11.1 Å². The van der Waals surface area contributed by atoms with E-state index in [1.165, 1.54) is 20.9 Å². The maximum Gasteiger partial charge on any atom is 0.102 e. The summed E-state index contributed by atoms with van der Waals surface area (Å²) in [5.41, 5.74) is 2.81. The molecule has 24 heavy (non-hydrogen) atoms. The normalized spacial score (nSPS) is 9.58. The minimum Gasteiger partial charge on any atom is -0.652 e. The van der Waals surface area contributed by atoms with Gasteiger partial charge in [0.2, 0.25) is 0 Å². The van der Waals surface area contributed by atoms with Crippen LogP contribution in [0, 0.1) is 0 Å². The highest BCUT2D eigenvalue weighted by Crippen LogP contribution is 1.94. The van der Waals surface area contributed by atoms with Gasteiger partial charge < -0.3 is 24.8 Å². The van der Waals surface area contributed by atoms with E-state index in [-0.39, 0.29) is 0 Å². The molecule has 0 atom stereocenters. The summed E-state index contributed by atoms with van der Waals surface area (Å²) < 4.78 is 0. The first kappa shape index (κ1) is 21.6. The lowest BCUT2D eigenvalue weighted by Gasteiger charge is -2.05. The van der Waals surface area contributed by atoms with E-state index in [1.807, 2.05) is 0 Å². The summed E-state index contributed by atoms with van der Waals surface area (Å²) in [6, 6.07) is 21.1. The van der Waals surface area contributed by atoms with Gasteiger partial charge in [-0.3, -0.25) is 0 Å². The fourth-order valence-corrected chi connectivity index (χ4v) is 2.01. The van der Waals surface area contributed by atoms with Gasteiger partial charge in [0.25, 0.3) is 0 Å². The molecule has 2 aromatic carbocycles. The van der Waals surface area contributed by atoms with Gasteiger partial charge in [-0.1, -0.05) is 60.7 Å². The Hall–Kier alpha value is -2.37. The Morgan fingerprint density at radius 1 is 0.708 bits per heavy atom. The lowest BCUT2D eigenvalue weighted by molar-refractivity contribution is -0.872. The molecule has 5 nitrogen and oxygen atoms in total. The molecule has 0 radical (unpaired) electrons. The molecule has 2 aromatic rings. The van der Waals surface area contributed by atoms with Crippen molar-refractivity contribution in [2.45, 2.75) is 13.1 Å². The number of benzene rings is 2. The van der Waals surface area contributed by atoms with Crippen molar-refractivity contribution in [1.29, 1.82) is 0 Å². The third kappa shape index (κ3) is 14.6. The fraction of sp³-hybridized carbons (Fsp3) is 0.316. The van der Waals surface area contributed by atoms with E-state index < -0.39 is 6.16 Å². The third-order valence-electron chi connectivity index (χ3n) is 2.80. The number of hydrogen-bond acceptors (Lipinski definition) is 3. The van der Waals surface area contributed by atoms with Crippen LogP contribution in [-0.2, 0) is 13.1 Å². The standard InChI is InChI=1S/2C9H13N.CH2O3/c2*1-10(2)8-9-6-4-3-5-7-9;2-1(3)4/h2*3-7H,8H2,1-2H3;(H2,2,3,4). The number of hydrogen-bond donors (Lipinski definition) is 2. The quantitative estimate of drug-likeness (QED) is 0.695. The van der Waals surface area contributed by atoms with Crippen LogP contribution in [0.5, 0.6) is 0 Å². The number of carboxylic acid groups (broad SMARTS) is 2. The molecule has 0 aromatic heterocycles. The monoisotopic (exact) mass is 332 g/mol. The van der Waals surface area contributed by atoms with Crippen molar-refractivity contribution in [3.05, 3.63) is 71.8 Å². The van der Waals surface area contributed by atoms with Crippen LogP contribution in [0.4, 0.5) is 4.79 Å². The predicted octanol–water partition coefficient (Wildman–Crippen LogP) is -1.78. The van der Waals surface area contributed by atoms with Gasteiger partial charge in [-0.05, 0) is 6.16 Å². The molecular weight excluding hydrogens is 304 g/mol. The summed E-state index contributed by atoms with van der Waals surface area (Å²) >= 11 is 0. The Morgan fingerprint density at radius 2 is 0.958 bits per heavy atom. The van der Waals surface area contributed by atoms with Gasteiger partial charge in [0.15, 0.2) is 0 Å². The lowest BCUT2D eigenvalue weighted by Crippen LogP contribution is -3.04. The van der Waals surface area contributed by atoms with Crippen molar-refractivity contribution in [2.75, 3.05) is 28.2 Å². The van der Waals surface area contributed by atoms with Crippen LogP contribution in [0.2, 0.25) is 0 Å². The van der Waals surface area contributed by atoms with Crippen molar-refractivity contribution in [3.8, 4) is 0 Å². The average molecular weight is 332 g/mol. The van der Waals surface area contributed by atoms with Crippen molar-refractivity contribution in [3.63, 3.8) is 0 Å². The van der Waals surface area contributed by atoms with Gasteiger partial charge >= 0.3 is 0 Å². The maximum atomic E-state index is 8.33. The molecule has 0 aliphatic heterocycles. The molecule has 0 amide bonds. The number of rotatable bonds is 4. The summed E-state index contributed by atoms with van der Waals surface area (Å²) in [7, 11) is 8.64. The highest BCUT2D eigenvalue weighted by Gasteiger charge is 1.94. The first-order valence-electron chi connectivity index (χ1n) is 7.85. The molecule has 0 saturated heterocycles. The van der Waals surface area contributed by atoms with Crippen LogP contribution in [0.25, 0.3) is 0 Å². The zero-order chi connectivity index (χ0) is 18.4. The summed E-state index contributed by atoms with van der Waals surface area (Å²) in [5.74, 6) is 0. The first-order valence-corrected chi connectivity index (χ1v) is 7.85. The second kappa shape index (κ2) is 13.1. The zero-order valence-corrected chi connectivity index (χ0v) is 14.9. The number of quaternary nitrogens is 2. The summed E-state index contributed by atoms with van der Waals surface area (Å²) in [5, 5.41) is 16.7. The SMILES string of the molecule is C[NH+](C)Cc1ccccc1.C[NH+](C)Cc1ccccc1.O=C([O-])[O-]. The van der Waals surface area contributed by atoms with E-state index in [2.05, 4.69) is 88.9 Å². The lowest BCUT2D eigenvalue weighted by atomic mass is 10.2. The molecule has 0 unspecified atom stereocenters. The second-order valence-corrected chi connectivity index (χ2v) is 5.99. The number of carbonyl (C=O) groups excluding carboxylic acids is 1. The minimum atomic E-state index is -2.33. The fourth-order valence-electron chi connectivity index (χ4n) is 2.01. The minimum absolute atomic E-state index is 1.11. The molecule has 0 spiro atoms. The van der Waals surface area contributed by atoms with Crippen LogP contribution in [-0.4, -0.2) is 34.3 Å². The first-order chi connectivity index (χ1) is 11.3. The van der Waals surface area contributed by atoms with Crippen molar-refractivity contribution in [2.24, 2.45) is 0 Å². The smallest absolute Gasteiger partial charge is 0.102 e. The Kier molecular flexibility index (Phi) is 11.8. The van der Waals surface area contributed by atoms with Crippen molar-refractivity contribution in [1.82, 2.24) is 0 Å². The molecule has 0 saturated carbocycles. The van der Waals surface area contributed by atoms with E-state index >= 15 is 0 Å². The van der Waals surface area contributed by atoms with Gasteiger partial charge in [-0.15, -0.1) is 0 Å². The second-order valence-electron chi connectivity index (χ2n) is 5.99. The van der Waals surface area contributed by atoms with Gasteiger partial charge in [0.1, 0.15) is 13.1 Å².